The number of nitrogens with zero attached hydrogens (tertiary/aromatic N) is 2. The standard InChI is InChI=1S/C18H19N3O/c22-18(15-5-2-1-3-6-15)21-12-14-8-9-17(20-11-14)16-7-4-10-19-13-16/h1-2,4,7-11,13,15H,3,5-6,12H2,(H,21,22)/t15-/m0/s1. The molecule has 0 aromatic carbocycles. The van der Waals surface area contributed by atoms with Gasteiger partial charge in [0, 0.05) is 36.6 Å². The smallest absolute Gasteiger partial charge is 0.223 e. The number of aromatic nitrogens is 2. The lowest BCUT2D eigenvalue weighted by Gasteiger charge is -2.17. The van der Waals surface area contributed by atoms with Gasteiger partial charge in [0.25, 0.3) is 0 Å². The highest BCUT2D eigenvalue weighted by Gasteiger charge is 2.18. The van der Waals surface area contributed by atoms with Gasteiger partial charge in [-0.1, -0.05) is 18.2 Å². The number of pyridine rings is 2. The van der Waals surface area contributed by atoms with Crippen LogP contribution in [0.4, 0.5) is 0 Å². The van der Waals surface area contributed by atoms with Gasteiger partial charge in [0.2, 0.25) is 5.91 Å². The van der Waals surface area contributed by atoms with Crippen LogP contribution < -0.4 is 5.32 Å². The molecule has 0 unspecified atom stereocenters. The van der Waals surface area contributed by atoms with E-state index in [0.717, 1.165) is 36.1 Å². The molecule has 4 nitrogen and oxygen atoms in total. The van der Waals surface area contributed by atoms with Crippen molar-refractivity contribution in [2.45, 2.75) is 25.8 Å². The molecular weight excluding hydrogens is 274 g/mol. The minimum atomic E-state index is 0.118. The predicted molar refractivity (Wildman–Crippen MR) is 85.8 cm³/mol. The first-order valence-electron chi connectivity index (χ1n) is 7.61. The average molecular weight is 293 g/mol. The van der Waals surface area contributed by atoms with E-state index in [1.807, 2.05) is 30.5 Å². The van der Waals surface area contributed by atoms with Gasteiger partial charge in [0.1, 0.15) is 0 Å². The van der Waals surface area contributed by atoms with Crippen molar-refractivity contribution in [2.75, 3.05) is 0 Å². The van der Waals surface area contributed by atoms with Crippen LogP contribution in [0.25, 0.3) is 11.3 Å². The minimum absolute atomic E-state index is 0.118. The third-order valence-electron chi connectivity index (χ3n) is 3.89. The first-order chi connectivity index (χ1) is 10.8. The largest absolute Gasteiger partial charge is 0.352 e. The number of carbonyl (C=O) groups excluding carboxylic acids is 1. The van der Waals surface area contributed by atoms with Crippen LogP contribution in [0.15, 0.2) is 55.0 Å². The zero-order valence-corrected chi connectivity index (χ0v) is 12.4. The van der Waals surface area contributed by atoms with Crippen molar-refractivity contribution in [3.63, 3.8) is 0 Å². The summed E-state index contributed by atoms with van der Waals surface area (Å²) >= 11 is 0. The van der Waals surface area contributed by atoms with Gasteiger partial charge in [0.15, 0.2) is 0 Å². The topological polar surface area (TPSA) is 54.9 Å². The molecule has 1 N–H and O–H groups in total. The monoisotopic (exact) mass is 293 g/mol. The number of hydrogen-bond acceptors (Lipinski definition) is 3. The second-order valence-corrected chi connectivity index (χ2v) is 5.49. The first-order valence-corrected chi connectivity index (χ1v) is 7.61. The van der Waals surface area contributed by atoms with E-state index < -0.39 is 0 Å². The summed E-state index contributed by atoms with van der Waals surface area (Å²) in [4.78, 5) is 20.6. The van der Waals surface area contributed by atoms with Crippen molar-refractivity contribution < 1.29 is 4.79 Å². The van der Waals surface area contributed by atoms with Crippen LogP contribution in [0.1, 0.15) is 24.8 Å². The SMILES string of the molecule is O=C(NCc1ccc(-c2cccnc2)nc1)[C@H]1CC=CCC1. The average Bonchev–Trinajstić information content (AvgIpc) is 2.61. The molecule has 1 aliphatic carbocycles. The molecular formula is C18H19N3O. The van der Waals surface area contributed by atoms with Gasteiger partial charge in [-0.25, -0.2) is 0 Å². The molecule has 0 saturated carbocycles. The van der Waals surface area contributed by atoms with Crippen LogP contribution in [-0.2, 0) is 11.3 Å². The van der Waals surface area contributed by atoms with Crippen molar-refractivity contribution in [3.05, 3.63) is 60.6 Å². The highest BCUT2D eigenvalue weighted by Crippen LogP contribution is 2.18. The van der Waals surface area contributed by atoms with Gasteiger partial charge in [-0.3, -0.25) is 14.8 Å². The molecule has 2 heterocycles. The molecule has 1 amide bonds. The summed E-state index contributed by atoms with van der Waals surface area (Å²) in [6.45, 7) is 0.527. The summed E-state index contributed by atoms with van der Waals surface area (Å²) in [7, 11) is 0. The van der Waals surface area contributed by atoms with Crippen molar-refractivity contribution >= 4 is 5.91 Å². The second kappa shape index (κ2) is 6.98. The molecule has 0 fully saturated rings. The Kier molecular flexibility index (Phi) is 4.59. The quantitative estimate of drug-likeness (QED) is 0.881. The first kappa shape index (κ1) is 14.4. The van der Waals surface area contributed by atoms with E-state index in [2.05, 4.69) is 27.4 Å². The van der Waals surface area contributed by atoms with E-state index in [-0.39, 0.29) is 11.8 Å². The number of nitrogens with one attached hydrogen (secondary N) is 1. The van der Waals surface area contributed by atoms with Crippen molar-refractivity contribution in [3.8, 4) is 11.3 Å². The highest BCUT2D eigenvalue weighted by molar-refractivity contribution is 5.79. The van der Waals surface area contributed by atoms with Crippen LogP contribution >= 0.6 is 0 Å². The van der Waals surface area contributed by atoms with Crippen LogP contribution in [0.3, 0.4) is 0 Å². The number of carbonyl (C=O) groups is 1. The molecule has 4 heteroatoms. The van der Waals surface area contributed by atoms with Crippen molar-refractivity contribution in [1.29, 1.82) is 0 Å². The summed E-state index contributed by atoms with van der Waals surface area (Å²) in [5, 5.41) is 3.00. The lowest BCUT2D eigenvalue weighted by molar-refractivity contribution is -0.125. The van der Waals surface area contributed by atoms with E-state index in [9.17, 15) is 4.79 Å². The Morgan fingerprint density at radius 1 is 1.23 bits per heavy atom. The third-order valence-corrected chi connectivity index (χ3v) is 3.89. The molecule has 0 bridgehead atoms. The minimum Gasteiger partial charge on any atom is -0.352 e. The normalized spacial score (nSPS) is 17.2. The fraction of sp³-hybridized carbons (Fsp3) is 0.278. The summed E-state index contributed by atoms with van der Waals surface area (Å²) in [5.74, 6) is 0.258. The second-order valence-electron chi connectivity index (χ2n) is 5.49. The van der Waals surface area contributed by atoms with Crippen molar-refractivity contribution in [1.82, 2.24) is 15.3 Å². The lowest BCUT2D eigenvalue weighted by atomic mass is 9.93. The number of hydrogen-bond donors (Lipinski definition) is 1. The summed E-state index contributed by atoms with van der Waals surface area (Å²) in [6, 6.07) is 7.83. The molecule has 1 aliphatic rings. The fourth-order valence-electron chi connectivity index (χ4n) is 2.58. The zero-order valence-electron chi connectivity index (χ0n) is 12.4. The Balaban J connectivity index is 1.57. The Hall–Kier alpha value is -2.49. The number of allylic oxidation sites excluding steroid dienone is 2. The molecule has 0 spiro atoms. The third kappa shape index (κ3) is 3.58. The Labute approximate surface area is 130 Å². The predicted octanol–water partition coefficient (Wildman–Crippen LogP) is 3.12. The molecule has 112 valence electrons. The van der Waals surface area contributed by atoms with Gasteiger partial charge in [-0.2, -0.15) is 0 Å². The maximum Gasteiger partial charge on any atom is 0.223 e. The van der Waals surface area contributed by atoms with Gasteiger partial charge in [-0.15, -0.1) is 0 Å². The van der Waals surface area contributed by atoms with Crippen LogP contribution in [0.2, 0.25) is 0 Å². The van der Waals surface area contributed by atoms with E-state index in [0.29, 0.717) is 6.54 Å². The Bertz CT molecular complexity index is 650. The van der Waals surface area contributed by atoms with E-state index >= 15 is 0 Å². The van der Waals surface area contributed by atoms with Gasteiger partial charge >= 0.3 is 0 Å². The van der Waals surface area contributed by atoms with Gasteiger partial charge < -0.3 is 5.32 Å². The maximum atomic E-state index is 12.1. The molecule has 1 atom stereocenters. The molecule has 0 aliphatic heterocycles. The summed E-state index contributed by atoms with van der Waals surface area (Å²) in [6.07, 6.45) is 12.4. The highest BCUT2D eigenvalue weighted by atomic mass is 16.1. The summed E-state index contributed by atoms with van der Waals surface area (Å²) in [5.41, 5.74) is 2.89. The molecule has 2 aromatic rings. The lowest BCUT2D eigenvalue weighted by Crippen LogP contribution is -2.30. The zero-order chi connectivity index (χ0) is 15.2. The van der Waals surface area contributed by atoms with E-state index in [1.54, 1.807) is 12.4 Å². The molecule has 22 heavy (non-hydrogen) atoms. The van der Waals surface area contributed by atoms with Crippen LogP contribution in [-0.4, -0.2) is 15.9 Å². The number of amides is 1. The molecule has 3 rings (SSSR count). The van der Waals surface area contributed by atoms with Crippen LogP contribution in [0, 0.1) is 5.92 Å². The molecule has 0 radical (unpaired) electrons. The number of rotatable bonds is 4. The molecule has 0 saturated heterocycles. The van der Waals surface area contributed by atoms with E-state index in [4.69, 9.17) is 0 Å². The fourth-order valence-corrected chi connectivity index (χ4v) is 2.58. The summed E-state index contributed by atoms with van der Waals surface area (Å²) < 4.78 is 0. The van der Waals surface area contributed by atoms with Crippen molar-refractivity contribution in [2.24, 2.45) is 5.92 Å². The van der Waals surface area contributed by atoms with Gasteiger partial charge in [-0.05, 0) is 43.0 Å². The Morgan fingerprint density at radius 2 is 2.18 bits per heavy atom. The Morgan fingerprint density at radius 3 is 2.86 bits per heavy atom. The van der Waals surface area contributed by atoms with E-state index in [1.165, 1.54) is 0 Å². The maximum absolute atomic E-state index is 12.1. The molecule has 2 aromatic heterocycles. The van der Waals surface area contributed by atoms with Gasteiger partial charge in [0.05, 0.1) is 5.69 Å². The van der Waals surface area contributed by atoms with Crippen LogP contribution in [0.5, 0.6) is 0 Å².